The van der Waals surface area contributed by atoms with Crippen LogP contribution in [0.1, 0.15) is 0 Å². The van der Waals surface area contributed by atoms with Crippen LogP contribution in [0.15, 0.2) is 0 Å². The molecule has 68 valence electrons. The normalized spacial score (nSPS) is 17.8. The monoisotopic (exact) mass is 209 g/mol. The fourth-order valence-corrected chi connectivity index (χ4v) is 1.50. The SMILES string of the molecule is NOOP(=O)(O)OP(=O)(O)O. The zero-order valence-electron chi connectivity index (χ0n) is 4.85. The summed E-state index contributed by atoms with van der Waals surface area (Å²) >= 11 is 0. The Kier molecular flexibility index (Phi) is 3.78. The van der Waals surface area contributed by atoms with Crippen molar-refractivity contribution in [3.63, 3.8) is 0 Å². The first-order valence-corrected chi connectivity index (χ1v) is 4.94. The van der Waals surface area contributed by atoms with E-state index in [-0.39, 0.29) is 0 Å². The molecule has 0 aliphatic carbocycles. The predicted molar refractivity (Wildman–Crippen MR) is 29.3 cm³/mol. The first kappa shape index (κ1) is 11.2. The molecule has 1 unspecified atom stereocenters. The van der Waals surface area contributed by atoms with Gasteiger partial charge in [0.25, 0.3) is 0 Å². The number of phosphoric acid groups is 2. The van der Waals surface area contributed by atoms with E-state index in [2.05, 4.69) is 19.9 Å². The summed E-state index contributed by atoms with van der Waals surface area (Å²) in [5.74, 6) is 4.15. The molecule has 0 heterocycles. The second-order valence-electron chi connectivity index (χ2n) is 1.21. The lowest BCUT2D eigenvalue weighted by molar-refractivity contribution is -0.225. The molecule has 11 heteroatoms. The first-order valence-electron chi connectivity index (χ1n) is 1.92. The van der Waals surface area contributed by atoms with Crippen LogP contribution >= 0.6 is 15.6 Å². The van der Waals surface area contributed by atoms with Crippen LogP contribution in [0.4, 0.5) is 0 Å². The fourth-order valence-electron chi connectivity index (χ4n) is 0.202. The molecule has 0 radical (unpaired) electrons. The van der Waals surface area contributed by atoms with E-state index < -0.39 is 15.6 Å². The summed E-state index contributed by atoms with van der Waals surface area (Å²) in [4.78, 5) is 27.4. The molecule has 0 saturated heterocycles. The van der Waals surface area contributed by atoms with Crippen molar-refractivity contribution < 1.29 is 37.8 Å². The third-order valence-electron chi connectivity index (χ3n) is 0.347. The minimum atomic E-state index is -5.09. The van der Waals surface area contributed by atoms with Gasteiger partial charge in [-0.1, -0.05) is 0 Å². The maximum atomic E-state index is 10.2. The highest BCUT2D eigenvalue weighted by Crippen LogP contribution is 2.57. The average Bonchev–Trinajstić information content (AvgIpc) is 1.55. The van der Waals surface area contributed by atoms with Gasteiger partial charge in [-0.05, 0) is 0 Å². The Labute approximate surface area is 60.4 Å². The molecule has 0 aromatic carbocycles. The van der Waals surface area contributed by atoms with Crippen molar-refractivity contribution >= 4 is 15.6 Å². The standard InChI is InChI=1S/H5NO8P2/c1-7-8-11(5,6)9-10(2,3)4/h1H2,(H,5,6)(H2,2,3,4). The Bertz CT molecular complexity index is 202. The third kappa shape index (κ3) is 6.57. The zero-order valence-corrected chi connectivity index (χ0v) is 6.64. The number of nitrogens with two attached hydrogens (primary N) is 1. The van der Waals surface area contributed by atoms with Crippen molar-refractivity contribution in [1.29, 1.82) is 0 Å². The smallest absolute Gasteiger partial charge is 0.302 e. The van der Waals surface area contributed by atoms with E-state index in [1.807, 2.05) is 0 Å². The van der Waals surface area contributed by atoms with Gasteiger partial charge in [-0.15, -0.1) is 9.66 Å². The van der Waals surface area contributed by atoms with E-state index in [9.17, 15) is 9.13 Å². The Morgan fingerprint density at radius 2 is 1.64 bits per heavy atom. The van der Waals surface area contributed by atoms with Gasteiger partial charge in [0.1, 0.15) is 0 Å². The quantitative estimate of drug-likeness (QED) is 0.260. The van der Waals surface area contributed by atoms with E-state index in [0.29, 0.717) is 0 Å². The van der Waals surface area contributed by atoms with Crippen LogP contribution in [0.3, 0.4) is 0 Å². The lowest BCUT2D eigenvalue weighted by atomic mass is 13.5. The molecule has 0 aromatic heterocycles. The second kappa shape index (κ2) is 3.72. The minimum absolute atomic E-state index is 3.17. The van der Waals surface area contributed by atoms with Gasteiger partial charge in [-0.2, -0.15) is 10.2 Å². The Morgan fingerprint density at radius 1 is 1.18 bits per heavy atom. The summed E-state index contributed by atoms with van der Waals surface area (Å²) in [7, 11) is -10.0. The lowest BCUT2D eigenvalue weighted by Gasteiger charge is -2.08. The molecule has 0 saturated carbocycles. The average molecular weight is 209 g/mol. The van der Waals surface area contributed by atoms with Gasteiger partial charge in [0.15, 0.2) is 0 Å². The van der Waals surface area contributed by atoms with E-state index in [4.69, 9.17) is 14.7 Å². The molecular formula is H5NO8P2. The second-order valence-corrected chi connectivity index (χ2v) is 3.93. The number of hydrogen-bond acceptors (Lipinski definition) is 6. The summed E-state index contributed by atoms with van der Waals surface area (Å²) in [6.07, 6.45) is 0. The minimum Gasteiger partial charge on any atom is -0.302 e. The Hall–Kier alpha value is 0.180. The molecule has 0 spiro atoms. The maximum absolute atomic E-state index is 10.2. The number of hydrogen-bond donors (Lipinski definition) is 4. The number of rotatable bonds is 4. The fraction of sp³-hybridized carbons (Fsp3) is 0. The van der Waals surface area contributed by atoms with Crippen molar-refractivity contribution in [2.24, 2.45) is 5.90 Å². The molecule has 0 bridgehead atoms. The summed E-state index contributed by atoms with van der Waals surface area (Å²) in [5.41, 5.74) is 0. The van der Waals surface area contributed by atoms with Crippen LogP contribution in [0.25, 0.3) is 0 Å². The molecule has 0 rings (SSSR count). The highest BCUT2D eigenvalue weighted by atomic mass is 31.3. The maximum Gasteiger partial charge on any atom is 0.509 e. The summed E-state index contributed by atoms with van der Waals surface area (Å²) in [6, 6.07) is 0. The van der Waals surface area contributed by atoms with Gasteiger partial charge in [-0.25, -0.2) is 9.13 Å². The molecule has 0 aromatic rings. The van der Waals surface area contributed by atoms with Crippen LogP contribution in [0.5, 0.6) is 0 Å². The van der Waals surface area contributed by atoms with Crippen LogP contribution in [0.2, 0.25) is 0 Å². The largest absolute Gasteiger partial charge is 0.509 e. The van der Waals surface area contributed by atoms with Gasteiger partial charge >= 0.3 is 15.6 Å². The predicted octanol–water partition coefficient (Wildman–Crippen LogP) is -0.982. The molecule has 9 nitrogen and oxygen atoms in total. The Morgan fingerprint density at radius 3 is 1.91 bits per heavy atom. The molecule has 0 aliphatic heterocycles. The lowest BCUT2D eigenvalue weighted by Crippen LogP contribution is -2.00. The van der Waals surface area contributed by atoms with Crippen LogP contribution in [0, 0.1) is 0 Å². The van der Waals surface area contributed by atoms with Crippen molar-refractivity contribution in [2.45, 2.75) is 0 Å². The Balaban J connectivity index is 4.14. The van der Waals surface area contributed by atoms with Crippen LogP contribution in [-0.2, 0) is 23.1 Å². The molecular weight excluding hydrogens is 204 g/mol. The van der Waals surface area contributed by atoms with Crippen LogP contribution < -0.4 is 5.90 Å². The summed E-state index contributed by atoms with van der Waals surface area (Å²) in [5, 5.41) is 0. The zero-order chi connectivity index (χ0) is 9.12. The van der Waals surface area contributed by atoms with Crippen molar-refractivity contribution in [3.05, 3.63) is 0 Å². The molecule has 0 aliphatic rings. The van der Waals surface area contributed by atoms with Gasteiger partial charge in [0.2, 0.25) is 0 Å². The summed E-state index contributed by atoms with van der Waals surface area (Å²) < 4.78 is 26.6. The van der Waals surface area contributed by atoms with Crippen molar-refractivity contribution in [2.75, 3.05) is 0 Å². The molecule has 1 atom stereocenters. The van der Waals surface area contributed by atoms with Crippen molar-refractivity contribution in [3.8, 4) is 0 Å². The molecule has 5 N–H and O–H groups in total. The van der Waals surface area contributed by atoms with Gasteiger partial charge < -0.3 is 14.7 Å². The van der Waals surface area contributed by atoms with E-state index >= 15 is 0 Å². The molecule has 0 fully saturated rings. The molecule has 0 amide bonds. The van der Waals surface area contributed by atoms with Crippen LogP contribution in [-0.4, -0.2) is 14.7 Å². The summed E-state index contributed by atoms with van der Waals surface area (Å²) in [6.45, 7) is 0. The van der Waals surface area contributed by atoms with Gasteiger partial charge in [0.05, 0.1) is 0 Å². The van der Waals surface area contributed by atoms with E-state index in [1.54, 1.807) is 0 Å². The highest BCUT2D eigenvalue weighted by molar-refractivity contribution is 7.60. The van der Waals surface area contributed by atoms with E-state index in [0.717, 1.165) is 0 Å². The van der Waals surface area contributed by atoms with Crippen molar-refractivity contribution in [1.82, 2.24) is 0 Å². The topological polar surface area (TPSA) is 149 Å². The highest BCUT2D eigenvalue weighted by Gasteiger charge is 2.33. The molecule has 11 heavy (non-hydrogen) atoms. The van der Waals surface area contributed by atoms with Gasteiger partial charge in [0, 0.05) is 0 Å². The first-order chi connectivity index (χ1) is 4.77. The van der Waals surface area contributed by atoms with Gasteiger partial charge in [-0.3, -0.25) is 0 Å². The third-order valence-corrected chi connectivity index (χ3v) is 2.30. The van der Waals surface area contributed by atoms with E-state index in [1.165, 1.54) is 0 Å².